The summed E-state index contributed by atoms with van der Waals surface area (Å²) in [6, 6.07) is 4.39. The Kier molecular flexibility index (Phi) is 4.71. The van der Waals surface area contributed by atoms with Crippen LogP contribution in [0.15, 0.2) is 23.3 Å². The maximum Gasteiger partial charge on any atom is 0.165 e. The minimum Gasteiger partial charge on any atom is -0.494 e. The van der Waals surface area contributed by atoms with Crippen LogP contribution >= 0.6 is 0 Å². The van der Waals surface area contributed by atoms with Gasteiger partial charge in [-0.05, 0) is 23.7 Å². The summed E-state index contributed by atoms with van der Waals surface area (Å²) in [5, 5.41) is 3.34. The number of ether oxygens (including phenoxy) is 1. The molecule has 0 saturated carbocycles. The van der Waals surface area contributed by atoms with Gasteiger partial charge in [-0.15, -0.1) is 0 Å². The fourth-order valence-electron chi connectivity index (χ4n) is 1.05. The summed E-state index contributed by atoms with van der Waals surface area (Å²) in [4.78, 5) is 2.61. The molecule has 5 heteroatoms. The van der Waals surface area contributed by atoms with Gasteiger partial charge in [0, 0.05) is 23.4 Å². The van der Waals surface area contributed by atoms with Crippen molar-refractivity contribution in [1.82, 2.24) is 0 Å². The van der Waals surface area contributed by atoms with Crippen LogP contribution in [0.25, 0.3) is 10.4 Å². The molecular weight excluding hydrogens is 209 g/mol. The van der Waals surface area contributed by atoms with Crippen molar-refractivity contribution in [2.75, 3.05) is 13.7 Å². The summed E-state index contributed by atoms with van der Waals surface area (Å²) in [5.74, 6) is 5.39. The van der Waals surface area contributed by atoms with Gasteiger partial charge in [0.2, 0.25) is 0 Å². The first-order valence-electron chi connectivity index (χ1n) is 4.61. The number of methoxy groups -OCH3 is 1. The van der Waals surface area contributed by atoms with E-state index in [1.54, 1.807) is 6.07 Å². The molecule has 0 atom stereocenters. The summed E-state index contributed by atoms with van der Waals surface area (Å²) in [6.07, 6.45) is 0.476. The molecule has 1 aromatic rings. The third-order valence-corrected chi connectivity index (χ3v) is 1.78. The first kappa shape index (κ1) is 11.9. The van der Waals surface area contributed by atoms with Gasteiger partial charge in [-0.25, -0.2) is 4.39 Å². The molecular formula is C11H10FN3O. The number of hydrogen-bond acceptors (Lipinski definition) is 2. The highest BCUT2D eigenvalue weighted by Gasteiger charge is 2.00. The fourth-order valence-corrected chi connectivity index (χ4v) is 1.05. The average Bonchev–Trinajstić information content (AvgIpc) is 2.31. The number of rotatable bonds is 3. The maximum atomic E-state index is 13.0. The molecule has 16 heavy (non-hydrogen) atoms. The highest BCUT2D eigenvalue weighted by Crippen LogP contribution is 2.17. The first-order chi connectivity index (χ1) is 7.77. The lowest BCUT2D eigenvalue weighted by Gasteiger charge is -2.00. The summed E-state index contributed by atoms with van der Waals surface area (Å²) < 4.78 is 17.9. The Morgan fingerprint density at radius 1 is 1.56 bits per heavy atom. The Balaban J connectivity index is 2.70. The van der Waals surface area contributed by atoms with Gasteiger partial charge in [-0.3, -0.25) is 0 Å². The van der Waals surface area contributed by atoms with E-state index in [-0.39, 0.29) is 5.75 Å². The molecule has 1 aromatic carbocycles. The molecule has 0 bridgehead atoms. The molecule has 0 saturated heterocycles. The molecule has 0 amide bonds. The van der Waals surface area contributed by atoms with E-state index < -0.39 is 5.82 Å². The second-order valence-corrected chi connectivity index (χ2v) is 2.86. The molecule has 0 aliphatic rings. The zero-order valence-corrected chi connectivity index (χ0v) is 8.77. The van der Waals surface area contributed by atoms with Crippen molar-refractivity contribution in [2.45, 2.75) is 6.42 Å². The predicted octanol–water partition coefficient (Wildman–Crippen LogP) is 2.89. The van der Waals surface area contributed by atoms with Gasteiger partial charge in [0.25, 0.3) is 0 Å². The molecule has 0 unspecified atom stereocenters. The minimum absolute atomic E-state index is 0.168. The molecule has 1 rings (SSSR count). The van der Waals surface area contributed by atoms with E-state index in [4.69, 9.17) is 10.3 Å². The molecule has 82 valence electrons. The Hall–Kier alpha value is -2.18. The van der Waals surface area contributed by atoms with Gasteiger partial charge < -0.3 is 4.74 Å². The fraction of sp³-hybridized carbons (Fsp3) is 0.273. The Labute approximate surface area is 92.7 Å². The molecule has 0 aromatic heterocycles. The minimum atomic E-state index is -0.415. The van der Waals surface area contributed by atoms with Crippen LogP contribution in [0.2, 0.25) is 0 Å². The molecule has 0 aliphatic carbocycles. The molecule has 4 nitrogen and oxygen atoms in total. The van der Waals surface area contributed by atoms with Crippen molar-refractivity contribution in [3.05, 3.63) is 40.0 Å². The van der Waals surface area contributed by atoms with Crippen molar-refractivity contribution in [1.29, 1.82) is 0 Å². The summed E-state index contributed by atoms with van der Waals surface area (Å²) >= 11 is 0. The lowest BCUT2D eigenvalue weighted by atomic mass is 10.2. The van der Waals surface area contributed by atoms with Gasteiger partial charge in [0.05, 0.1) is 7.11 Å². The quantitative estimate of drug-likeness (QED) is 0.253. The monoisotopic (exact) mass is 219 g/mol. The third-order valence-electron chi connectivity index (χ3n) is 1.78. The SMILES string of the molecule is COc1cc(C#CCCN=[N+]=[N-])ccc1F. The third kappa shape index (κ3) is 3.52. The largest absolute Gasteiger partial charge is 0.494 e. The predicted molar refractivity (Wildman–Crippen MR) is 58.5 cm³/mol. The maximum absolute atomic E-state index is 13.0. The number of nitrogens with zero attached hydrogens (tertiary/aromatic N) is 3. The zero-order chi connectivity index (χ0) is 11.8. The van der Waals surface area contributed by atoms with Crippen LogP contribution in [-0.4, -0.2) is 13.7 Å². The normalized spacial score (nSPS) is 8.62. The average molecular weight is 219 g/mol. The van der Waals surface area contributed by atoms with Gasteiger partial charge in [0.1, 0.15) is 0 Å². The molecule has 0 spiro atoms. The van der Waals surface area contributed by atoms with E-state index in [0.717, 1.165) is 0 Å². The van der Waals surface area contributed by atoms with Gasteiger partial charge in [0.15, 0.2) is 11.6 Å². The van der Waals surface area contributed by atoms with Crippen molar-refractivity contribution < 1.29 is 9.13 Å². The van der Waals surface area contributed by atoms with E-state index >= 15 is 0 Å². The lowest BCUT2D eigenvalue weighted by Crippen LogP contribution is -1.88. The Morgan fingerprint density at radius 3 is 3.06 bits per heavy atom. The summed E-state index contributed by atoms with van der Waals surface area (Å²) in [5.41, 5.74) is 8.70. The summed E-state index contributed by atoms with van der Waals surface area (Å²) in [7, 11) is 1.40. The number of hydrogen-bond donors (Lipinski definition) is 0. The van der Waals surface area contributed by atoms with E-state index in [1.807, 2.05) is 0 Å². The van der Waals surface area contributed by atoms with Crippen molar-refractivity contribution in [3.8, 4) is 17.6 Å². The van der Waals surface area contributed by atoms with Gasteiger partial charge in [-0.2, -0.15) is 0 Å². The Morgan fingerprint density at radius 2 is 2.38 bits per heavy atom. The van der Waals surface area contributed by atoms with Crippen molar-refractivity contribution in [3.63, 3.8) is 0 Å². The van der Waals surface area contributed by atoms with Crippen LogP contribution in [-0.2, 0) is 0 Å². The molecule has 0 aliphatic heterocycles. The molecule has 0 fully saturated rings. The van der Waals surface area contributed by atoms with Crippen LogP contribution in [0, 0.1) is 17.7 Å². The van der Waals surface area contributed by atoms with E-state index in [9.17, 15) is 4.39 Å². The lowest BCUT2D eigenvalue weighted by molar-refractivity contribution is 0.386. The number of azide groups is 1. The van der Waals surface area contributed by atoms with E-state index in [2.05, 4.69) is 21.9 Å². The molecule has 0 heterocycles. The van der Waals surface area contributed by atoms with Crippen molar-refractivity contribution >= 4 is 0 Å². The Bertz CT molecular complexity index is 470. The standard InChI is InChI=1S/C11H10FN3O/c1-16-11-8-9(5-6-10(11)12)4-2-3-7-14-15-13/h5-6,8H,3,7H2,1H3. The summed E-state index contributed by atoms with van der Waals surface area (Å²) in [6.45, 7) is 0.335. The highest BCUT2D eigenvalue weighted by atomic mass is 19.1. The van der Waals surface area contributed by atoms with E-state index in [1.165, 1.54) is 19.2 Å². The highest BCUT2D eigenvalue weighted by molar-refractivity contribution is 5.40. The smallest absolute Gasteiger partial charge is 0.165 e. The number of halogens is 1. The van der Waals surface area contributed by atoms with Crippen LogP contribution in [0.1, 0.15) is 12.0 Å². The van der Waals surface area contributed by atoms with Gasteiger partial charge in [-0.1, -0.05) is 17.0 Å². The van der Waals surface area contributed by atoms with Crippen LogP contribution in [0.4, 0.5) is 4.39 Å². The second-order valence-electron chi connectivity index (χ2n) is 2.86. The topological polar surface area (TPSA) is 58.0 Å². The van der Waals surface area contributed by atoms with E-state index in [0.29, 0.717) is 18.5 Å². The van der Waals surface area contributed by atoms with Crippen LogP contribution < -0.4 is 4.74 Å². The first-order valence-corrected chi connectivity index (χ1v) is 4.61. The molecule has 0 radical (unpaired) electrons. The number of benzene rings is 1. The van der Waals surface area contributed by atoms with Crippen LogP contribution in [0.5, 0.6) is 5.75 Å². The molecule has 0 N–H and O–H groups in total. The second kappa shape index (κ2) is 6.33. The van der Waals surface area contributed by atoms with Crippen molar-refractivity contribution in [2.24, 2.45) is 5.11 Å². The van der Waals surface area contributed by atoms with Crippen LogP contribution in [0.3, 0.4) is 0 Å². The van der Waals surface area contributed by atoms with Gasteiger partial charge >= 0.3 is 0 Å². The zero-order valence-electron chi connectivity index (χ0n) is 8.77.